The van der Waals surface area contributed by atoms with Gasteiger partial charge in [-0.05, 0) is 31.3 Å². The molecule has 3 nitrogen and oxygen atoms in total. The van der Waals surface area contributed by atoms with Crippen LogP contribution in [0.4, 0.5) is 0 Å². The number of hydrogen-bond acceptors (Lipinski definition) is 3. The molecule has 0 spiro atoms. The molecular weight excluding hydrogens is 202 g/mol. The van der Waals surface area contributed by atoms with Crippen molar-refractivity contribution < 1.29 is 9.53 Å². The summed E-state index contributed by atoms with van der Waals surface area (Å²) in [7, 11) is 1.48. The van der Waals surface area contributed by atoms with Gasteiger partial charge in [-0.2, -0.15) is 0 Å². The van der Waals surface area contributed by atoms with E-state index in [4.69, 9.17) is 4.74 Å². The van der Waals surface area contributed by atoms with Crippen molar-refractivity contribution in [1.29, 1.82) is 0 Å². The lowest BCUT2D eigenvalue weighted by Gasteiger charge is -2.35. The summed E-state index contributed by atoms with van der Waals surface area (Å²) in [6.45, 7) is 9.43. The molecule has 0 aromatic rings. The number of rotatable bonds is 3. The molecule has 0 saturated carbocycles. The predicted octanol–water partition coefficient (Wildman–Crippen LogP) is 2.31. The number of ether oxygens (including phenoxy) is 1. The highest BCUT2D eigenvalue weighted by atomic mass is 16.5. The van der Waals surface area contributed by atoms with Crippen LogP contribution in [0.15, 0.2) is 0 Å². The zero-order valence-corrected chi connectivity index (χ0v) is 11.1. The van der Waals surface area contributed by atoms with Gasteiger partial charge in [-0.25, -0.2) is 0 Å². The maximum atomic E-state index is 11.8. The van der Waals surface area contributed by atoms with Gasteiger partial charge in [0.2, 0.25) is 0 Å². The molecule has 0 aromatic heterocycles. The zero-order valence-electron chi connectivity index (χ0n) is 11.1. The van der Waals surface area contributed by atoms with Crippen LogP contribution < -0.4 is 0 Å². The lowest BCUT2D eigenvalue weighted by Crippen LogP contribution is -2.42. The standard InChI is InChI=1S/C13H25NO2/c1-13(2,3)11(12(15)16-4)10-14-8-6-5-7-9-14/h11H,5-10H2,1-4H3. The molecule has 0 N–H and O–H groups in total. The van der Waals surface area contributed by atoms with Gasteiger partial charge in [-0.15, -0.1) is 0 Å². The van der Waals surface area contributed by atoms with Gasteiger partial charge in [0.25, 0.3) is 0 Å². The smallest absolute Gasteiger partial charge is 0.310 e. The summed E-state index contributed by atoms with van der Waals surface area (Å²) in [6, 6.07) is 0. The molecule has 1 atom stereocenters. The quantitative estimate of drug-likeness (QED) is 0.693. The highest BCUT2D eigenvalue weighted by molar-refractivity contribution is 5.73. The van der Waals surface area contributed by atoms with Gasteiger partial charge in [0.15, 0.2) is 0 Å². The Bertz CT molecular complexity index is 227. The fraction of sp³-hybridized carbons (Fsp3) is 0.923. The largest absolute Gasteiger partial charge is 0.469 e. The molecule has 0 aliphatic carbocycles. The SMILES string of the molecule is COC(=O)C(CN1CCCCC1)C(C)(C)C. The summed E-state index contributed by atoms with van der Waals surface area (Å²) in [4.78, 5) is 14.2. The molecule has 1 unspecified atom stereocenters. The second-order valence-electron chi connectivity index (χ2n) is 5.80. The molecule has 1 rings (SSSR count). The van der Waals surface area contributed by atoms with E-state index in [9.17, 15) is 4.79 Å². The highest BCUT2D eigenvalue weighted by Crippen LogP contribution is 2.28. The van der Waals surface area contributed by atoms with Crippen molar-refractivity contribution in [1.82, 2.24) is 4.90 Å². The number of carbonyl (C=O) groups is 1. The molecule has 0 amide bonds. The molecule has 1 saturated heterocycles. The Labute approximate surface area is 99.1 Å². The predicted molar refractivity (Wildman–Crippen MR) is 65.3 cm³/mol. The van der Waals surface area contributed by atoms with Crippen molar-refractivity contribution in [2.24, 2.45) is 11.3 Å². The van der Waals surface area contributed by atoms with Crippen molar-refractivity contribution in [3.63, 3.8) is 0 Å². The summed E-state index contributed by atoms with van der Waals surface area (Å²) >= 11 is 0. The van der Waals surface area contributed by atoms with Crippen LogP contribution in [0.3, 0.4) is 0 Å². The van der Waals surface area contributed by atoms with Crippen LogP contribution in [0.5, 0.6) is 0 Å². The van der Waals surface area contributed by atoms with Crippen molar-refractivity contribution in [3.8, 4) is 0 Å². The van der Waals surface area contributed by atoms with E-state index in [0.717, 1.165) is 19.6 Å². The number of piperidine rings is 1. The number of carbonyl (C=O) groups excluding carboxylic acids is 1. The van der Waals surface area contributed by atoms with Crippen LogP contribution in [0, 0.1) is 11.3 Å². The first kappa shape index (κ1) is 13.5. The lowest BCUT2D eigenvalue weighted by molar-refractivity contribution is -0.150. The minimum Gasteiger partial charge on any atom is -0.469 e. The van der Waals surface area contributed by atoms with Crippen LogP contribution in [0.1, 0.15) is 40.0 Å². The van der Waals surface area contributed by atoms with E-state index in [0.29, 0.717) is 0 Å². The average Bonchev–Trinajstić information content (AvgIpc) is 2.25. The topological polar surface area (TPSA) is 29.5 Å². The number of methoxy groups -OCH3 is 1. The van der Waals surface area contributed by atoms with E-state index in [1.165, 1.54) is 26.4 Å². The van der Waals surface area contributed by atoms with E-state index in [2.05, 4.69) is 25.7 Å². The highest BCUT2D eigenvalue weighted by Gasteiger charge is 2.33. The third kappa shape index (κ3) is 3.78. The number of nitrogens with zero attached hydrogens (tertiary/aromatic N) is 1. The van der Waals surface area contributed by atoms with E-state index in [-0.39, 0.29) is 17.3 Å². The first-order chi connectivity index (χ1) is 7.45. The van der Waals surface area contributed by atoms with E-state index in [1.807, 2.05) is 0 Å². The Morgan fingerprint density at radius 3 is 2.25 bits per heavy atom. The fourth-order valence-corrected chi connectivity index (χ4v) is 2.24. The Morgan fingerprint density at radius 1 is 1.25 bits per heavy atom. The van der Waals surface area contributed by atoms with E-state index < -0.39 is 0 Å². The third-order valence-electron chi connectivity index (χ3n) is 3.42. The molecule has 1 aliphatic rings. The van der Waals surface area contributed by atoms with Crippen LogP contribution in [-0.4, -0.2) is 37.6 Å². The summed E-state index contributed by atoms with van der Waals surface area (Å²) < 4.78 is 4.91. The molecule has 1 aliphatic heterocycles. The number of hydrogen-bond donors (Lipinski definition) is 0. The average molecular weight is 227 g/mol. The summed E-state index contributed by atoms with van der Waals surface area (Å²) in [5.41, 5.74) is -0.0233. The minimum absolute atomic E-state index is 0.0180. The van der Waals surface area contributed by atoms with Gasteiger partial charge in [-0.1, -0.05) is 27.2 Å². The van der Waals surface area contributed by atoms with Crippen molar-refractivity contribution in [2.45, 2.75) is 40.0 Å². The maximum absolute atomic E-state index is 11.8. The number of likely N-dealkylation sites (tertiary alicyclic amines) is 1. The fourth-order valence-electron chi connectivity index (χ4n) is 2.24. The first-order valence-corrected chi connectivity index (χ1v) is 6.25. The molecule has 1 heterocycles. The minimum atomic E-state index is -0.0712. The van der Waals surface area contributed by atoms with Crippen LogP contribution in [0.25, 0.3) is 0 Å². The normalized spacial score (nSPS) is 20.5. The molecule has 1 fully saturated rings. The monoisotopic (exact) mass is 227 g/mol. The van der Waals surface area contributed by atoms with Crippen molar-refractivity contribution in [2.75, 3.05) is 26.7 Å². The molecule has 3 heteroatoms. The lowest BCUT2D eigenvalue weighted by atomic mass is 9.80. The molecule has 0 bridgehead atoms. The summed E-state index contributed by atoms with van der Waals surface area (Å²) in [5.74, 6) is -0.0892. The Kier molecular flexibility index (Phi) is 4.78. The van der Waals surface area contributed by atoms with Gasteiger partial charge in [0.05, 0.1) is 13.0 Å². The van der Waals surface area contributed by atoms with Gasteiger partial charge in [-0.3, -0.25) is 4.79 Å². The second-order valence-corrected chi connectivity index (χ2v) is 5.80. The second kappa shape index (κ2) is 5.67. The van der Waals surface area contributed by atoms with Gasteiger partial charge in [0.1, 0.15) is 0 Å². The van der Waals surface area contributed by atoms with E-state index >= 15 is 0 Å². The molecule has 0 aromatic carbocycles. The van der Waals surface area contributed by atoms with Crippen LogP contribution in [0.2, 0.25) is 0 Å². The van der Waals surface area contributed by atoms with Crippen LogP contribution >= 0.6 is 0 Å². The summed E-state index contributed by atoms with van der Waals surface area (Å²) in [5, 5.41) is 0. The Hall–Kier alpha value is -0.570. The summed E-state index contributed by atoms with van der Waals surface area (Å²) in [6.07, 6.45) is 3.85. The number of esters is 1. The molecule has 16 heavy (non-hydrogen) atoms. The van der Waals surface area contributed by atoms with Gasteiger partial charge >= 0.3 is 5.97 Å². The van der Waals surface area contributed by atoms with E-state index in [1.54, 1.807) is 0 Å². The Morgan fingerprint density at radius 2 is 1.81 bits per heavy atom. The maximum Gasteiger partial charge on any atom is 0.310 e. The zero-order chi connectivity index (χ0) is 12.2. The van der Waals surface area contributed by atoms with Crippen molar-refractivity contribution >= 4 is 5.97 Å². The molecular formula is C13H25NO2. The van der Waals surface area contributed by atoms with Crippen LogP contribution in [-0.2, 0) is 9.53 Å². The van der Waals surface area contributed by atoms with Gasteiger partial charge < -0.3 is 9.64 Å². The third-order valence-corrected chi connectivity index (χ3v) is 3.42. The van der Waals surface area contributed by atoms with Gasteiger partial charge in [0, 0.05) is 6.54 Å². The molecule has 0 radical (unpaired) electrons. The van der Waals surface area contributed by atoms with Crippen molar-refractivity contribution in [3.05, 3.63) is 0 Å². The first-order valence-electron chi connectivity index (χ1n) is 6.25. The molecule has 94 valence electrons. The Balaban J connectivity index is 2.59.